The van der Waals surface area contributed by atoms with Crippen LogP contribution in [0, 0.1) is 11.8 Å². The molecule has 6 nitrogen and oxygen atoms in total. The molecule has 0 saturated heterocycles. The standard InChI is InChI=1S/C23H36N2O4S/c1-6-11-24-15-23(25-30(27,28)22(2,3)4)19-9-10-20(23)14-18-12-17(21(26)29-5)8-7-16(18)13-19/h7-8,12,19-20,24-25H,6,9-11,13-15H2,1-5H3/t19-,20+,23+/m0/s1. The fourth-order valence-electron chi connectivity index (χ4n) is 4.98. The monoisotopic (exact) mass is 436 g/mol. The van der Waals surface area contributed by atoms with E-state index in [2.05, 4.69) is 17.0 Å². The van der Waals surface area contributed by atoms with Gasteiger partial charge in [0.05, 0.1) is 23.0 Å². The molecule has 168 valence electrons. The molecule has 0 radical (unpaired) electrons. The number of methoxy groups -OCH3 is 1. The Bertz CT molecular complexity index is 891. The summed E-state index contributed by atoms with van der Waals surface area (Å²) in [5, 5.41) is 3.51. The molecule has 1 fully saturated rings. The first-order valence-corrected chi connectivity index (χ1v) is 12.5. The summed E-state index contributed by atoms with van der Waals surface area (Å²) in [5.41, 5.74) is 2.38. The van der Waals surface area contributed by atoms with Gasteiger partial charge in [-0.05, 0) is 94.5 Å². The molecule has 0 spiro atoms. The summed E-state index contributed by atoms with van der Waals surface area (Å²) >= 11 is 0. The lowest BCUT2D eigenvalue weighted by molar-refractivity contribution is 0.0600. The summed E-state index contributed by atoms with van der Waals surface area (Å²) < 4.78 is 33.7. The molecule has 2 aliphatic carbocycles. The molecule has 2 bridgehead atoms. The third kappa shape index (κ3) is 4.30. The predicted octanol–water partition coefficient (Wildman–Crippen LogP) is 3.05. The van der Waals surface area contributed by atoms with Crippen molar-refractivity contribution < 1.29 is 17.9 Å². The number of ether oxygens (including phenoxy) is 1. The third-order valence-corrected chi connectivity index (χ3v) is 9.12. The quantitative estimate of drug-likeness (QED) is 0.507. The smallest absolute Gasteiger partial charge is 0.337 e. The Morgan fingerprint density at radius 1 is 1.17 bits per heavy atom. The third-order valence-electron chi connectivity index (χ3n) is 6.86. The molecule has 7 heteroatoms. The number of benzene rings is 1. The number of esters is 1. The molecule has 0 aromatic heterocycles. The van der Waals surface area contributed by atoms with Crippen molar-refractivity contribution in [2.24, 2.45) is 11.8 Å². The molecular formula is C23H36N2O4S. The van der Waals surface area contributed by atoms with E-state index in [1.54, 1.807) is 20.8 Å². The van der Waals surface area contributed by atoms with Crippen LogP contribution in [-0.4, -0.2) is 44.9 Å². The van der Waals surface area contributed by atoms with E-state index < -0.39 is 20.3 Å². The molecule has 2 aliphatic rings. The fraction of sp³-hybridized carbons (Fsp3) is 0.696. The van der Waals surface area contributed by atoms with Gasteiger partial charge in [-0.25, -0.2) is 17.9 Å². The zero-order valence-electron chi connectivity index (χ0n) is 18.9. The highest BCUT2D eigenvalue weighted by molar-refractivity contribution is 7.90. The largest absolute Gasteiger partial charge is 0.465 e. The number of hydrogen-bond donors (Lipinski definition) is 2. The van der Waals surface area contributed by atoms with Crippen molar-refractivity contribution in [1.82, 2.24) is 10.0 Å². The van der Waals surface area contributed by atoms with Gasteiger partial charge in [-0.3, -0.25) is 0 Å². The van der Waals surface area contributed by atoms with Gasteiger partial charge < -0.3 is 10.1 Å². The Hall–Kier alpha value is -1.44. The molecule has 1 saturated carbocycles. The normalized spacial score (nSPS) is 26.2. The van der Waals surface area contributed by atoms with Gasteiger partial charge in [0, 0.05) is 6.54 Å². The van der Waals surface area contributed by atoms with Gasteiger partial charge in [-0.2, -0.15) is 0 Å². The van der Waals surface area contributed by atoms with Gasteiger partial charge in [0.1, 0.15) is 0 Å². The number of rotatable bonds is 7. The van der Waals surface area contributed by atoms with Crippen molar-refractivity contribution in [3.8, 4) is 0 Å². The summed E-state index contributed by atoms with van der Waals surface area (Å²) in [6, 6.07) is 5.77. The second kappa shape index (κ2) is 8.60. The molecule has 0 amide bonds. The van der Waals surface area contributed by atoms with Crippen LogP contribution in [0.3, 0.4) is 0 Å². The van der Waals surface area contributed by atoms with Crippen molar-refractivity contribution in [3.05, 3.63) is 34.9 Å². The van der Waals surface area contributed by atoms with Crippen LogP contribution in [0.15, 0.2) is 18.2 Å². The number of fused-ring (bicyclic) bond motifs is 3. The highest BCUT2D eigenvalue weighted by atomic mass is 32.2. The zero-order valence-corrected chi connectivity index (χ0v) is 19.7. The van der Waals surface area contributed by atoms with Crippen LogP contribution < -0.4 is 10.0 Å². The summed E-state index contributed by atoms with van der Waals surface area (Å²) in [5.74, 6) is 0.0591. The van der Waals surface area contributed by atoms with Crippen molar-refractivity contribution >= 4 is 16.0 Å². The van der Waals surface area contributed by atoms with Crippen LogP contribution in [0.25, 0.3) is 0 Å². The maximum atomic E-state index is 13.2. The van der Waals surface area contributed by atoms with E-state index in [1.165, 1.54) is 12.7 Å². The summed E-state index contributed by atoms with van der Waals surface area (Å²) in [7, 11) is -2.12. The summed E-state index contributed by atoms with van der Waals surface area (Å²) in [6.45, 7) is 8.85. The number of nitrogens with one attached hydrogen (secondary N) is 2. The zero-order chi connectivity index (χ0) is 22.2. The molecule has 0 aliphatic heterocycles. The highest BCUT2D eigenvalue weighted by Gasteiger charge is 2.54. The summed E-state index contributed by atoms with van der Waals surface area (Å²) in [4.78, 5) is 12.0. The maximum Gasteiger partial charge on any atom is 0.337 e. The minimum Gasteiger partial charge on any atom is -0.465 e. The molecular weight excluding hydrogens is 400 g/mol. The van der Waals surface area contributed by atoms with E-state index in [0.29, 0.717) is 12.1 Å². The van der Waals surface area contributed by atoms with Gasteiger partial charge >= 0.3 is 5.97 Å². The van der Waals surface area contributed by atoms with E-state index in [0.717, 1.165) is 44.2 Å². The van der Waals surface area contributed by atoms with Gasteiger partial charge in [0.2, 0.25) is 10.0 Å². The molecule has 30 heavy (non-hydrogen) atoms. The molecule has 0 heterocycles. The fourth-order valence-corrected chi connectivity index (χ4v) is 6.19. The Balaban J connectivity index is 2.00. The molecule has 1 aromatic carbocycles. The second-order valence-corrected chi connectivity index (χ2v) is 12.2. The number of sulfonamides is 1. The second-order valence-electron chi connectivity index (χ2n) is 9.79. The molecule has 0 unspecified atom stereocenters. The van der Waals surface area contributed by atoms with Gasteiger partial charge in [-0.1, -0.05) is 13.0 Å². The average molecular weight is 437 g/mol. The topological polar surface area (TPSA) is 84.5 Å². The Labute approximate surface area is 181 Å². The molecule has 3 rings (SSSR count). The SMILES string of the molecule is CCCNC[C@]1(NS(=O)(=O)C(C)(C)C)[C@@H]2CC[C@H]1Cc1ccc(C(=O)OC)cc1C2. The first-order valence-electron chi connectivity index (χ1n) is 11.0. The van der Waals surface area contributed by atoms with Gasteiger partial charge in [0.25, 0.3) is 0 Å². The van der Waals surface area contributed by atoms with E-state index in [9.17, 15) is 13.2 Å². The Morgan fingerprint density at radius 3 is 2.37 bits per heavy atom. The minimum absolute atomic E-state index is 0.179. The highest BCUT2D eigenvalue weighted by Crippen LogP contribution is 2.48. The van der Waals surface area contributed by atoms with E-state index in [1.807, 2.05) is 18.2 Å². The lowest BCUT2D eigenvalue weighted by Crippen LogP contribution is -2.63. The van der Waals surface area contributed by atoms with Gasteiger partial charge in [-0.15, -0.1) is 0 Å². The summed E-state index contributed by atoms with van der Waals surface area (Å²) in [6.07, 6.45) is 4.56. The van der Waals surface area contributed by atoms with Crippen molar-refractivity contribution in [1.29, 1.82) is 0 Å². The maximum absolute atomic E-state index is 13.2. The van der Waals surface area contributed by atoms with Crippen LogP contribution in [0.4, 0.5) is 0 Å². The van der Waals surface area contributed by atoms with Crippen LogP contribution in [0.5, 0.6) is 0 Å². The number of carbonyl (C=O) groups excluding carboxylic acids is 1. The Morgan fingerprint density at radius 2 is 1.80 bits per heavy atom. The van der Waals surface area contributed by atoms with Crippen LogP contribution in [0.2, 0.25) is 0 Å². The first-order chi connectivity index (χ1) is 14.0. The van der Waals surface area contributed by atoms with Crippen LogP contribution >= 0.6 is 0 Å². The van der Waals surface area contributed by atoms with Crippen LogP contribution in [-0.2, 0) is 27.6 Å². The van der Waals surface area contributed by atoms with Crippen molar-refractivity contribution in [2.75, 3.05) is 20.2 Å². The lowest BCUT2D eigenvalue weighted by Gasteiger charge is -2.42. The Kier molecular flexibility index (Phi) is 6.65. The molecule has 3 atom stereocenters. The van der Waals surface area contributed by atoms with E-state index in [4.69, 9.17) is 4.74 Å². The lowest BCUT2D eigenvalue weighted by atomic mass is 9.79. The van der Waals surface area contributed by atoms with E-state index >= 15 is 0 Å². The number of carbonyl (C=O) groups is 1. The van der Waals surface area contributed by atoms with Crippen molar-refractivity contribution in [3.63, 3.8) is 0 Å². The number of hydrogen-bond acceptors (Lipinski definition) is 5. The van der Waals surface area contributed by atoms with Crippen molar-refractivity contribution in [2.45, 2.75) is 70.1 Å². The molecule has 2 N–H and O–H groups in total. The average Bonchev–Trinajstić information content (AvgIpc) is 2.90. The minimum atomic E-state index is -3.51. The predicted molar refractivity (Wildman–Crippen MR) is 119 cm³/mol. The first kappa shape index (κ1) is 23.2. The molecule has 1 aromatic rings. The van der Waals surface area contributed by atoms with E-state index in [-0.39, 0.29) is 17.8 Å². The van der Waals surface area contributed by atoms with Gasteiger partial charge in [0.15, 0.2) is 0 Å². The van der Waals surface area contributed by atoms with Crippen LogP contribution in [0.1, 0.15) is 68.4 Å².